The van der Waals surface area contributed by atoms with Crippen LogP contribution in [0.4, 0.5) is 0 Å². The van der Waals surface area contributed by atoms with E-state index < -0.39 is 0 Å². The Morgan fingerprint density at radius 3 is 0.819 bits per heavy atom. The summed E-state index contributed by atoms with van der Waals surface area (Å²) in [6.45, 7) is 31.5. The number of hydrogen-bond donors (Lipinski definition) is 5. The van der Waals surface area contributed by atoms with Gasteiger partial charge in [-0.25, -0.2) is 4.68 Å². The lowest BCUT2D eigenvalue weighted by Crippen LogP contribution is -2.33. The fraction of sp³-hybridized carbons (Fsp3) is 0.947. The van der Waals surface area contributed by atoms with E-state index in [9.17, 15) is 0 Å². The Morgan fingerprint density at radius 1 is 0.261 bits per heavy atom. The molecule has 138 heavy (non-hydrogen) atoms. The molecule has 6 heterocycles. The van der Waals surface area contributed by atoms with Crippen LogP contribution in [0, 0.1) is 0 Å². The van der Waals surface area contributed by atoms with E-state index in [0.29, 0.717) is 11.8 Å². The molecule has 0 saturated heterocycles. The van der Waals surface area contributed by atoms with Gasteiger partial charge in [0.05, 0.1) is 5.54 Å². The van der Waals surface area contributed by atoms with Crippen LogP contribution in [0.1, 0.15) is 703 Å². The molecular weight excluding hydrogens is 1710 g/mol. The minimum Gasteiger partial charge on any atom is -0.226 e. The summed E-state index contributed by atoms with van der Waals surface area (Å²) in [5, 5.41) is 83.7. The summed E-state index contributed by atoms with van der Waals surface area (Å²) >= 11 is 0. The molecule has 0 radical (unpaired) electrons. The molecular formula is C114H228N24. The van der Waals surface area contributed by atoms with Gasteiger partial charge in [-0.15, -0.1) is 56.1 Å². The van der Waals surface area contributed by atoms with Crippen molar-refractivity contribution in [1.29, 1.82) is 0 Å². The monoisotopic (exact) mass is 1930 g/mol. The van der Waals surface area contributed by atoms with E-state index in [4.69, 9.17) is 0 Å². The second-order valence-electron chi connectivity index (χ2n) is 42.7. The highest BCUT2D eigenvalue weighted by molar-refractivity contribution is 5.02. The number of H-pyrrole nitrogens is 5. The molecule has 24 heteroatoms. The van der Waals surface area contributed by atoms with Gasteiger partial charge in [0.1, 0.15) is 6.33 Å². The Labute approximate surface area is 850 Å². The number of unbranched alkanes of at least 4 members (excludes halogenated alkanes) is 73. The standard InChI is InChI=1S/C21H42N4.C20H40N4.2C19H38N4.C18H36N4.C17H34N4/c1-4-7-8-9-10-11-12-13-14-15-16-17-18-19-21(5-2,6-3)25-20-22-23-24-25;1-4-6-7-8-9-10-11-12-13-14-15-16-17-18-20(3,5-2)19-21-23-24-22-19;1-4-5-6-7-8-9-10-11-12-13-14-15-16-17-19(2,3)18-20-22-23-21-18;1-3-5-6-7-8-9-10-11-12-13-14-15-16-17-18(4-2)19-20-22-23-21-19;1-3-4-5-6-7-8-9-10-11-12-13-14-15-16-17(2)18-19-21-22-20-18;1-2-3-4-5-6-7-8-9-10-11-12-13-14-15-16-17-18-20-21-19-17/h20H,4-19H2,1-3H3;4-18H2,1-3H3,(H,21,22,23,24);4-17H2,1-3H3,(H,20,21,22,23);18H,3-17H2,1-2H3,(H,20,21,22,23);17H,3-16H2,1-2H3,(H,19,20,21,22);2-16H2,1H3,(H,18,19,20,21). The van der Waals surface area contributed by atoms with Crippen molar-refractivity contribution in [3.63, 3.8) is 0 Å². The SMILES string of the molecule is CCCCCCCCCCCCCCCC(C)(C)c1nn[nH]n1.CCCCCCCCCCCCCCCC(C)(CC)c1nn[nH]n1.CCCCCCCCCCCCCCCC(C)c1nn[nH]n1.CCCCCCCCCCCCCCCC(CC)(CC)n1cnnn1.CCCCCCCCCCCCCCCC(CC)c1nn[nH]n1.CCCCCCCCCCCCCCCCc1nn[nH]n1. The van der Waals surface area contributed by atoms with Crippen LogP contribution in [0.2, 0.25) is 0 Å². The molecule has 6 aromatic rings. The van der Waals surface area contributed by atoms with E-state index in [1.165, 1.54) is 533 Å². The number of nitrogens with zero attached hydrogens (tertiary/aromatic N) is 19. The van der Waals surface area contributed by atoms with Crippen molar-refractivity contribution in [2.75, 3.05) is 0 Å². The highest BCUT2D eigenvalue weighted by atomic mass is 15.5. The summed E-state index contributed by atoms with van der Waals surface area (Å²) in [7, 11) is 0. The van der Waals surface area contributed by atoms with E-state index in [1.54, 1.807) is 6.33 Å². The fourth-order valence-corrected chi connectivity index (χ4v) is 19.4. The fourth-order valence-electron chi connectivity index (χ4n) is 19.4. The van der Waals surface area contributed by atoms with Crippen molar-refractivity contribution in [3.8, 4) is 0 Å². The van der Waals surface area contributed by atoms with Crippen molar-refractivity contribution >= 4 is 0 Å². The van der Waals surface area contributed by atoms with Gasteiger partial charge in [-0.1, -0.05) is 624 Å². The third kappa shape index (κ3) is 77.9. The first-order valence-corrected chi connectivity index (χ1v) is 60.2. The summed E-state index contributed by atoms with van der Waals surface area (Å²) in [6, 6.07) is 0. The Morgan fingerprint density at radius 2 is 0.536 bits per heavy atom. The highest BCUT2D eigenvalue weighted by Gasteiger charge is 2.30. The molecule has 0 aliphatic heterocycles. The van der Waals surface area contributed by atoms with Gasteiger partial charge in [0.15, 0.2) is 29.1 Å². The number of nitrogens with one attached hydrogen (secondary N) is 5. The van der Waals surface area contributed by atoms with E-state index in [0.717, 1.165) is 67.6 Å². The average Bonchev–Trinajstić information content (AvgIpc) is 1.71. The van der Waals surface area contributed by atoms with Crippen molar-refractivity contribution in [2.45, 2.75) is 697 Å². The van der Waals surface area contributed by atoms with Gasteiger partial charge in [-0.2, -0.15) is 26.1 Å². The van der Waals surface area contributed by atoms with E-state index >= 15 is 0 Å². The maximum Gasteiger partial charge on any atom is 0.180 e. The molecule has 0 aliphatic rings. The maximum absolute atomic E-state index is 4.19. The molecule has 5 N–H and O–H groups in total. The lowest BCUT2D eigenvalue weighted by molar-refractivity contribution is 0.203. The first kappa shape index (κ1) is 130. The Kier molecular flexibility index (Phi) is 94.6. The summed E-state index contributed by atoms with van der Waals surface area (Å²) in [6.07, 6.45) is 124. The van der Waals surface area contributed by atoms with E-state index in [2.05, 4.69) is 216 Å². The zero-order chi connectivity index (χ0) is 100. The molecule has 804 valence electrons. The number of rotatable bonds is 94. The van der Waals surface area contributed by atoms with E-state index in [1.807, 2.05) is 4.68 Å². The molecule has 3 unspecified atom stereocenters. The van der Waals surface area contributed by atoms with Crippen LogP contribution in [-0.4, -0.2) is 123 Å². The third-order valence-corrected chi connectivity index (χ3v) is 29.8. The quantitative estimate of drug-likeness (QED) is 0.0222. The summed E-state index contributed by atoms with van der Waals surface area (Å²) in [4.78, 5) is 0. The molecule has 0 spiro atoms. The highest BCUT2D eigenvalue weighted by Crippen LogP contribution is 2.34. The van der Waals surface area contributed by atoms with Crippen LogP contribution in [0.15, 0.2) is 6.33 Å². The lowest BCUT2D eigenvalue weighted by Gasteiger charge is -2.31. The van der Waals surface area contributed by atoms with Crippen molar-refractivity contribution in [2.24, 2.45) is 0 Å². The van der Waals surface area contributed by atoms with Gasteiger partial charge in [0, 0.05) is 29.1 Å². The van der Waals surface area contributed by atoms with Crippen LogP contribution in [0.5, 0.6) is 0 Å². The first-order chi connectivity index (χ1) is 67.8. The van der Waals surface area contributed by atoms with Crippen LogP contribution in [0.25, 0.3) is 0 Å². The number of aryl methyl sites for hydroxylation is 1. The molecule has 24 nitrogen and oxygen atoms in total. The molecule has 0 saturated carbocycles. The predicted molar refractivity (Wildman–Crippen MR) is 585 cm³/mol. The Bertz CT molecular complexity index is 3160. The number of aromatic nitrogens is 24. The van der Waals surface area contributed by atoms with Gasteiger partial charge in [-0.3, -0.25) is 0 Å². The van der Waals surface area contributed by atoms with Crippen LogP contribution >= 0.6 is 0 Å². The summed E-state index contributed by atoms with van der Waals surface area (Å²) in [5.41, 5.74) is 0.261. The van der Waals surface area contributed by atoms with Crippen molar-refractivity contribution in [3.05, 3.63) is 35.4 Å². The minimum absolute atomic E-state index is 0.0464. The van der Waals surface area contributed by atoms with Crippen molar-refractivity contribution in [1.82, 2.24) is 123 Å². The second-order valence-corrected chi connectivity index (χ2v) is 42.7. The maximum atomic E-state index is 4.19. The Hall–Kier alpha value is -5.58. The molecule has 0 amide bonds. The average molecular weight is 1940 g/mol. The molecule has 6 rings (SSSR count). The first-order valence-electron chi connectivity index (χ1n) is 60.2. The predicted octanol–water partition coefficient (Wildman–Crippen LogP) is 36.2. The largest absolute Gasteiger partial charge is 0.226 e. The lowest BCUT2D eigenvalue weighted by atomic mass is 9.81. The van der Waals surface area contributed by atoms with Gasteiger partial charge >= 0.3 is 0 Å². The summed E-state index contributed by atoms with van der Waals surface area (Å²) < 4.78 is 1.99. The molecule has 0 aliphatic carbocycles. The molecule has 0 bridgehead atoms. The van der Waals surface area contributed by atoms with Gasteiger partial charge in [0.25, 0.3) is 0 Å². The van der Waals surface area contributed by atoms with Gasteiger partial charge in [-0.05, 0) is 74.6 Å². The minimum atomic E-state index is 0.0464. The zero-order valence-electron chi connectivity index (χ0n) is 93.7. The smallest absolute Gasteiger partial charge is 0.180 e. The van der Waals surface area contributed by atoms with Crippen LogP contribution in [-0.2, 0) is 22.8 Å². The molecule has 0 aromatic carbocycles. The number of aromatic amines is 5. The number of hydrogen-bond acceptors (Lipinski definition) is 18. The normalized spacial score (nSPS) is 12.4. The number of tetrazole rings is 6. The molecule has 6 aromatic heterocycles. The third-order valence-electron chi connectivity index (χ3n) is 29.8. The molecule has 0 fully saturated rings. The molecule has 3 atom stereocenters. The van der Waals surface area contributed by atoms with Gasteiger partial charge < -0.3 is 0 Å². The Balaban J connectivity index is 0.000000829. The van der Waals surface area contributed by atoms with Gasteiger partial charge in [0.2, 0.25) is 0 Å². The van der Waals surface area contributed by atoms with E-state index in [-0.39, 0.29) is 16.4 Å². The van der Waals surface area contributed by atoms with Crippen LogP contribution < -0.4 is 0 Å². The second kappa shape index (κ2) is 100. The summed E-state index contributed by atoms with van der Waals surface area (Å²) in [5.74, 6) is 5.26. The van der Waals surface area contributed by atoms with Crippen LogP contribution in [0.3, 0.4) is 0 Å². The zero-order valence-corrected chi connectivity index (χ0v) is 93.7. The topological polar surface area (TPSA) is 316 Å². The van der Waals surface area contributed by atoms with Crippen molar-refractivity contribution < 1.29 is 0 Å².